The van der Waals surface area contributed by atoms with Crippen molar-refractivity contribution in [3.05, 3.63) is 29.3 Å². The summed E-state index contributed by atoms with van der Waals surface area (Å²) in [6, 6.07) is 7.69. The Morgan fingerprint density at radius 1 is 1.38 bits per heavy atom. The molecule has 1 unspecified atom stereocenters. The van der Waals surface area contributed by atoms with Gasteiger partial charge in [0, 0.05) is 26.2 Å². The molecule has 21 heavy (non-hydrogen) atoms. The molecule has 1 amide bonds. The monoisotopic (exact) mass is 305 g/mol. The van der Waals surface area contributed by atoms with Crippen LogP contribution in [-0.2, 0) is 4.79 Å². The first-order valence-electron chi connectivity index (χ1n) is 7.08. The number of hydrogen-bond donors (Lipinski definition) is 1. The number of halogens is 1. The SMILES string of the molecule is C#CCNC(=O)C(C)N1CCN(c2ccccc2Cl)CC1. The first-order chi connectivity index (χ1) is 10.1. The minimum atomic E-state index is -0.160. The van der Waals surface area contributed by atoms with Gasteiger partial charge in [0.05, 0.1) is 23.3 Å². The van der Waals surface area contributed by atoms with E-state index in [4.69, 9.17) is 18.0 Å². The zero-order valence-corrected chi connectivity index (χ0v) is 12.9. The van der Waals surface area contributed by atoms with E-state index in [-0.39, 0.29) is 18.5 Å². The van der Waals surface area contributed by atoms with Gasteiger partial charge in [-0.3, -0.25) is 9.69 Å². The Bertz CT molecular complexity index is 533. The van der Waals surface area contributed by atoms with E-state index in [1.54, 1.807) is 0 Å². The van der Waals surface area contributed by atoms with E-state index in [1.807, 2.05) is 31.2 Å². The molecule has 1 aromatic carbocycles. The molecule has 1 N–H and O–H groups in total. The fourth-order valence-electron chi connectivity index (χ4n) is 2.51. The summed E-state index contributed by atoms with van der Waals surface area (Å²) in [5.74, 6) is 2.40. The summed E-state index contributed by atoms with van der Waals surface area (Å²) >= 11 is 6.23. The number of carbonyl (C=O) groups is 1. The number of nitrogens with zero attached hydrogens (tertiary/aromatic N) is 2. The molecule has 1 fully saturated rings. The molecule has 1 aliphatic rings. The Balaban J connectivity index is 1.90. The van der Waals surface area contributed by atoms with Gasteiger partial charge in [0.2, 0.25) is 5.91 Å². The van der Waals surface area contributed by atoms with E-state index in [1.165, 1.54) is 0 Å². The number of terminal acetylenes is 1. The highest BCUT2D eigenvalue weighted by atomic mass is 35.5. The van der Waals surface area contributed by atoms with Crippen LogP contribution in [0.3, 0.4) is 0 Å². The van der Waals surface area contributed by atoms with Crippen LogP contribution >= 0.6 is 11.6 Å². The lowest BCUT2D eigenvalue weighted by atomic mass is 10.2. The van der Waals surface area contributed by atoms with Gasteiger partial charge in [-0.1, -0.05) is 29.7 Å². The molecule has 0 bridgehead atoms. The van der Waals surface area contributed by atoms with Crippen molar-refractivity contribution in [2.45, 2.75) is 13.0 Å². The summed E-state index contributed by atoms with van der Waals surface area (Å²) in [7, 11) is 0. The van der Waals surface area contributed by atoms with Crippen LogP contribution < -0.4 is 10.2 Å². The van der Waals surface area contributed by atoms with Gasteiger partial charge in [-0.25, -0.2) is 0 Å². The molecule has 5 heteroatoms. The number of anilines is 1. The Kier molecular flexibility index (Phi) is 5.49. The van der Waals surface area contributed by atoms with Crippen LogP contribution in [0.1, 0.15) is 6.92 Å². The first-order valence-corrected chi connectivity index (χ1v) is 7.46. The Morgan fingerprint density at radius 2 is 2.05 bits per heavy atom. The van der Waals surface area contributed by atoms with E-state index in [0.717, 1.165) is 36.9 Å². The highest BCUT2D eigenvalue weighted by molar-refractivity contribution is 6.33. The van der Waals surface area contributed by atoms with Gasteiger partial charge >= 0.3 is 0 Å². The average molecular weight is 306 g/mol. The maximum Gasteiger partial charge on any atom is 0.237 e. The largest absolute Gasteiger partial charge is 0.368 e. The standard InChI is InChI=1S/C16H20ClN3O/c1-3-8-18-16(21)13(2)19-9-11-20(12-10-19)15-7-5-4-6-14(15)17/h1,4-7,13H,8-12H2,2H3,(H,18,21). The molecular formula is C16H20ClN3O. The second kappa shape index (κ2) is 7.35. The van der Waals surface area contributed by atoms with Gasteiger partial charge in [0.1, 0.15) is 0 Å². The number of nitrogens with one attached hydrogen (secondary N) is 1. The van der Waals surface area contributed by atoms with Gasteiger partial charge < -0.3 is 10.2 Å². The highest BCUT2D eigenvalue weighted by Gasteiger charge is 2.25. The lowest BCUT2D eigenvalue weighted by Gasteiger charge is -2.38. The molecule has 0 radical (unpaired) electrons. The molecule has 2 rings (SSSR count). The van der Waals surface area contributed by atoms with Crippen LogP contribution in [0, 0.1) is 12.3 Å². The number of amides is 1. The van der Waals surface area contributed by atoms with Crippen molar-refractivity contribution in [3.63, 3.8) is 0 Å². The summed E-state index contributed by atoms with van der Waals surface area (Å²) in [6.07, 6.45) is 5.15. The third kappa shape index (κ3) is 3.90. The minimum absolute atomic E-state index is 0.0147. The topological polar surface area (TPSA) is 35.6 Å². The molecule has 112 valence electrons. The smallest absolute Gasteiger partial charge is 0.237 e. The predicted octanol–water partition coefficient (Wildman–Crippen LogP) is 1.60. The first kappa shape index (κ1) is 15.7. The van der Waals surface area contributed by atoms with Gasteiger partial charge in [-0.2, -0.15) is 0 Å². The number of para-hydroxylation sites is 1. The lowest BCUT2D eigenvalue weighted by Crippen LogP contribution is -2.54. The average Bonchev–Trinajstić information content (AvgIpc) is 2.52. The van der Waals surface area contributed by atoms with E-state index >= 15 is 0 Å². The van der Waals surface area contributed by atoms with Gasteiger partial charge in [0.15, 0.2) is 0 Å². The number of rotatable bonds is 4. The summed E-state index contributed by atoms with van der Waals surface area (Å²) in [5.41, 5.74) is 1.06. The third-order valence-corrected chi connectivity index (χ3v) is 4.12. The Labute approximate surface area is 131 Å². The molecule has 1 saturated heterocycles. The van der Waals surface area contributed by atoms with Gasteiger partial charge in [-0.15, -0.1) is 6.42 Å². The molecule has 1 aliphatic heterocycles. The van der Waals surface area contributed by atoms with Crippen LogP contribution in [0.15, 0.2) is 24.3 Å². The zero-order valence-electron chi connectivity index (χ0n) is 12.2. The molecule has 4 nitrogen and oxygen atoms in total. The van der Waals surface area contributed by atoms with Crippen molar-refractivity contribution in [1.29, 1.82) is 0 Å². The maximum absolute atomic E-state index is 11.9. The summed E-state index contributed by atoms with van der Waals surface area (Å²) < 4.78 is 0. The predicted molar refractivity (Wildman–Crippen MR) is 86.5 cm³/mol. The molecule has 0 aliphatic carbocycles. The van der Waals surface area contributed by atoms with Crippen molar-refractivity contribution < 1.29 is 4.79 Å². The maximum atomic E-state index is 11.9. The van der Waals surface area contributed by atoms with Gasteiger partial charge in [-0.05, 0) is 19.1 Å². The van der Waals surface area contributed by atoms with Crippen LogP contribution in [0.2, 0.25) is 5.02 Å². The highest BCUT2D eigenvalue weighted by Crippen LogP contribution is 2.26. The van der Waals surface area contributed by atoms with Crippen LogP contribution in [0.25, 0.3) is 0 Å². The molecule has 0 saturated carbocycles. The van der Waals surface area contributed by atoms with Crippen molar-refractivity contribution in [2.24, 2.45) is 0 Å². The summed E-state index contributed by atoms with van der Waals surface area (Å²) in [5, 5.41) is 3.50. The van der Waals surface area contributed by atoms with E-state index in [2.05, 4.69) is 21.0 Å². The normalized spacial score (nSPS) is 17.1. The number of hydrogen-bond acceptors (Lipinski definition) is 3. The fraction of sp³-hybridized carbons (Fsp3) is 0.438. The van der Waals surface area contributed by atoms with Crippen LogP contribution in [0.4, 0.5) is 5.69 Å². The second-order valence-corrected chi connectivity index (χ2v) is 5.48. The molecule has 0 spiro atoms. The third-order valence-electron chi connectivity index (χ3n) is 3.80. The molecule has 1 aromatic rings. The summed E-state index contributed by atoms with van der Waals surface area (Å²) in [4.78, 5) is 16.3. The van der Waals surface area contributed by atoms with Crippen molar-refractivity contribution >= 4 is 23.2 Å². The number of carbonyl (C=O) groups excluding carboxylic acids is 1. The van der Waals surface area contributed by atoms with E-state index < -0.39 is 0 Å². The number of benzene rings is 1. The molecular weight excluding hydrogens is 286 g/mol. The quantitative estimate of drug-likeness (QED) is 0.858. The van der Waals surface area contributed by atoms with Gasteiger partial charge in [0.25, 0.3) is 0 Å². The molecule has 1 atom stereocenters. The molecule has 0 aromatic heterocycles. The fourth-order valence-corrected chi connectivity index (χ4v) is 2.77. The number of piperazine rings is 1. The van der Waals surface area contributed by atoms with Crippen molar-refractivity contribution in [3.8, 4) is 12.3 Å². The molecule has 1 heterocycles. The second-order valence-electron chi connectivity index (χ2n) is 5.07. The van der Waals surface area contributed by atoms with Crippen LogP contribution in [0.5, 0.6) is 0 Å². The van der Waals surface area contributed by atoms with E-state index in [0.29, 0.717) is 0 Å². The van der Waals surface area contributed by atoms with Crippen molar-refractivity contribution in [1.82, 2.24) is 10.2 Å². The zero-order chi connectivity index (χ0) is 15.2. The van der Waals surface area contributed by atoms with E-state index in [9.17, 15) is 4.79 Å². The van der Waals surface area contributed by atoms with Crippen LogP contribution in [-0.4, -0.2) is 49.6 Å². The Hall–Kier alpha value is -1.70. The Morgan fingerprint density at radius 3 is 2.67 bits per heavy atom. The minimum Gasteiger partial charge on any atom is -0.368 e. The lowest BCUT2D eigenvalue weighted by molar-refractivity contribution is -0.125. The summed E-state index contributed by atoms with van der Waals surface area (Å²) in [6.45, 7) is 5.57. The van der Waals surface area contributed by atoms with Crippen molar-refractivity contribution in [2.75, 3.05) is 37.6 Å².